The first-order valence-corrected chi connectivity index (χ1v) is 5.70. The van der Waals surface area contributed by atoms with Crippen molar-refractivity contribution in [3.8, 4) is 0 Å². The number of carbonyl (C=O) groups excluding carboxylic acids is 1. The van der Waals surface area contributed by atoms with Gasteiger partial charge in [0.25, 0.3) is 0 Å². The van der Waals surface area contributed by atoms with Crippen molar-refractivity contribution in [2.75, 3.05) is 0 Å². The molecule has 0 radical (unpaired) electrons. The van der Waals surface area contributed by atoms with Crippen LogP contribution in [-0.4, -0.2) is 28.7 Å². The van der Waals surface area contributed by atoms with E-state index in [1.165, 1.54) is 0 Å². The minimum Gasteiger partial charge on any atom is -0.444 e. The fourth-order valence-electron chi connectivity index (χ4n) is 1.41. The zero-order valence-electron chi connectivity index (χ0n) is 11.1. The molecule has 0 N–H and O–H groups in total. The van der Waals surface area contributed by atoms with Gasteiger partial charge in [0, 0.05) is 12.1 Å². The van der Waals surface area contributed by atoms with Gasteiger partial charge in [0.05, 0.1) is 0 Å². The second-order valence-corrected chi connectivity index (χ2v) is 5.24. The number of carbonyl (C=O) groups is 1. The van der Waals surface area contributed by atoms with E-state index in [0.29, 0.717) is 0 Å². The van der Waals surface area contributed by atoms with E-state index in [1.807, 2.05) is 41.5 Å². The molecule has 0 spiro atoms. The maximum Gasteiger partial charge on any atom is 0.410 e. The molecule has 1 amide bonds. The summed E-state index contributed by atoms with van der Waals surface area (Å²) in [6, 6.07) is 0.398. The highest BCUT2D eigenvalue weighted by Crippen LogP contribution is 2.15. The molecule has 0 aromatic rings. The Hall–Kier alpha value is -0.730. The van der Waals surface area contributed by atoms with E-state index >= 15 is 0 Å². The molecule has 0 saturated heterocycles. The summed E-state index contributed by atoms with van der Waals surface area (Å²) in [6.45, 7) is 13.8. The van der Waals surface area contributed by atoms with Crippen molar-refractivity contribution in [1.29, 1.82) is 0 Å². The topological polar surface area (TPSA) is 29.5 Å². The highest BCUT2D eigenvalue weighted by atomic mass is 16.6. The molecule has 0 rings (SSSR count). The Balaban J connectivity index is 4.57. The van der Waals surface area contributed by atoms with Gasteiger partial charge in [-0.05, 0) is 48.0 Å². The molecule has 0 aliphatic carbocycles. The van der Waals surface area contributed by atoms with Crippen LogP contribution in [0.15, 0.2) is 0 Å². The first-order valence-electron chi connectivity index (χ1n) is 5.70. The van der Waals surface area contributed by atoms with Gasteiger partial charge in [0.15, 0.2) is 0 Å². The molecule has 1 atom stereocenters. The predicted octanol–water partition coefficient (Wildman–Crippen LogP) is 3.43. The first-order chi connectivity index (χ1) is 6.69. The summed E-state index contributed by atoms with van der Waals surface area (Å²) in [5.41, 5.74) is -0.419. The maximum absolute atomic E-state index is 11.9. The van der Waals surface area contributed by atoms with Gasteiger partial charge in [-0.25, -0.2) is 4.79 Å². The van der Waals surface area contributed by atoms with Gasteiger partial charge in [-0.3, -0.25) is 0 Å². The lowest BCUT2D eigenvalue weighted by Crippen LogP contribution is -2.45. The van der Waals surface area contributed by atoms with Gasteiger partial charge in [-0.1, -0.05) is 6.92 Å². The molecule has 0 fully saturated rings. The highest BCUT2D eigenvalue weighted by Gasteiger charge is 2.26. The third kappa shape index (κ3) is 5.05. The second kappa shape index (κ2) is 5.38. The summed E-state index contributed by atoms with van der Waals surface area (Å²) >= 11 is 0. The summed E-state index contributed by atoms with van der Waals surface area (Å²) in [4.78, 5) is 13.7. The zero-order chi connectivity index (χ0) is 12.2. The fraction of sp³-hybridized carbons (Fsp3) is 0.917. The maximum atomic E-state index is 11.9. The summed E-state index contributed by atoms with van der Waals surface area (Å²) < 4.78 is 5.37. The molecule has 3 heteroatoms. The molecule has 0 heterocycles. The van der Waals surface area contributed by atoms with E-state index in [-0.39, 0.29) is 18.2 Å². The average Bonchev–Trinajstić information content (AvgIpc) is 1.99. The van der Waals surface area contributed by atoms with Gasteiger partial charge >= 0.3 is 6.09 Å². The van der Waals surface area contributed by atoms with Crippen molar-refractivity contribution in [3.63, 3.8) is 0 Å². The molecule has 0 aliphatic heterocycles. The van der Waals surface area contributed by atoms with Crippen LogP contribution in [0.5, 0.6) is 0 Å². The van der Waals surface area contributed by atoms with Crippen molar-refractivity contribution in [2.45, 2.75) is 72.6 Å². The average molecular weight is 215 g/mol. The third-order valence-corrected chi connectivity index (χ3v) is 2.23. The molecule has 15 heavy (non-hydrogen) atoms. The Morgan fingerprint density at radius 3 is 2.00 bits per heavy atom. The Morgan fingerprint density at radius 2 is 1.73 bits per heavy atom. The van der Waals surface area contributed by atoms with Gasteiger partial charge in [-0.15, -0.1) is 0 Å². The van der Waals surface area contributed by atoms with E-state index < -0.39 is 5.60 Å². The quantitative estimate of drug-likeness (QED) is 0.722. The zero-order valence-corrected chi connectivity index (χ0v) is 11.1. The Kier molecular flexibility index (Phi) is 5.12. The lowest BCUT2D eigenvalue weighted by molar-refractivity contribution is 0.0100. The van der Waals surface area contributed by atoms with Gasteiger partial charge in [-0.2, -0.15) is 0 Å². The molecular formula is C12H25NO2. The van der Waals surface area contributed by atoms with Crippen LogP contribution < -0.4 is 0 Å². The van der Waals surface area contributed by atoms with Gasteiger partial charge in [0.1, 0.15) is 5.60 Å². The van der Waals surface area contributed by atoms with Crippen LogP contribution in [0, 0.1) is 0 Å². The normalized spacial score (nSPS) is 13.9. The van der Waals surface area contributed by atoms with Crippen molar-refractivity contribution < 1.29 is 9.53 Å². The predicted molar refractivity (Wildman–Crippen MR) is 63.0 cm³/mol. The summed E-state index contributed by atoms with van der Waals surface area (Å²) in [6.07, 6.45) is 0.726. The molecule has 90 valence electrons. The van der Waals surface area contributed by atoms with Crippen molar-refractivity contribution in [3.05, 3.63) is 0 Å². The smallest absolute Gasteiger partial charge is 0.410 e. The number of ether oxygens (including phenoxy) is 1. The van der Waals surface area contributed by atoms with Gasteiger partial charge < -0.3 is 9.64 Å². The summed E-state index contributed by atoms with van der Waals surface area (Å²) in [5.74, 6) is 0. The van der Waals surface area contributed by atoms with Crippen LogP contribution in [-0.2, 0) is 4.74 Å². The van der Waals surface area contributed by atoms with Crippen molar-refractivity contribution in [2.24, 2.45) is 0 Å². The largest absolute Gasteiger partial charge is 0.444 e. The monoisotopic (exact) mass is 215 g/mol. The summed E-state index contributed by atoms with van der Waals surface area (Å²) in [7, 11) is 0. The van der Waals surface area contributed by atoms with E-state index in [4.69, 9.17) is 4.74 Å². The number of nitrogens with zero attached hydrogens (tertiary/aromatic N) is 1. The van der Waals surface area contributed by atoms with Crippen LogP contribution in [0.2, 0.25) is 0 Å². The van der Waals surface area contributed by atoms with Crippen LogP contribution in [0.3, 0.4) is 0 Å². The van der Waals surface area contributed by atoms with E-state index in [1.54, 1.807) is 4.90 Å². The fourth-order valence-corrected chi connectivity index (χ4v) is 1.41. The standard InChI is InChI=1S/C12H25NO2/c1-8-10(4)13(9(2)3)11(14)15-12(5,6)7/h9-10H,8H2,1-7H3. The second-order valence-electron chi connectivity index (χ2n) is 5.24. The number of hydrogen-bond donors (Lipinski definition) is 0. The number of rotatable bonds is 3. The summed E-state index contributed by atoms with van der Waals surface area (Å²) in [5, 5.41) is 0. The molecule has 0 aromatic carbocycles. The SMILES string of the molecule is CCC(C)N(C(=O)OC(C)(C)C)C(C)C. The lowest BCUT2D eigenvalue weighted by atomic mass is 10.2. The Morgan fingerprint density at radius 1 is 1.27 bits per heavy atom. The van der Waals surface area contributed by atoms with Crippen LogP contribution in [0.4, 0.5) is 4.79 Å². The van der Waals surface area contributed by atoms with Crippen LogP contribution >= 0.6 is 0 Å². The molecule has 3 nitrogen and oxygen atoms in total. The van der Waals surface area contributed by atoms with Crippen LogP contribution in [0.25, 0.3) is 0 Å². The van der Waals surface area contributed by atoms with E-state index in [2.05, 4.69) is 6.92 Å². The molecule has 0 aromatic heterocycles. The Bertz CT molecular complexity index is 206. The van der Waals surface area contributed by atoms with E-state index in [0.717, 1.165) is 6.42 Å². The Labute approximate surface area is 93.8 Å². The number of amides is 1. The van der Waals surface area contributed by atoms with Gasteiger partial charge in [0.2, 0.25) is 0 Å². The molecular weight excluding hydrogens is 190 g/mol. The minimum absolute atomic E-state index is 0.176. The molecule has 1 unspecified atom stereocenters. The van der Waals surface area contributed by atoms with Crippen LogP contribution in [0.1, 0.15) is 54.9 Å². The lowest BCUT2D eigenvalue weighted by Gasteiger charge is -2.34. The minimum atomic E-state index is -0.419. The third-order valence-electron chi connectivity index (χ3n) is 2.23. The first kappa shape index (κ1) is 14.3. The molecule has 0 bridgehead atoms. The van der Waals surface area contributed by atoms with Crippen molar-refractivity contribution in [1.82, 2.24) is 4.90 Å². The van der Waals surface area contributed by atoms with Crippen molar-refractivity contribution >= 4 is 6.09 Å². The molecule has 0 saturated carbocycles. The highest BCUT2D eigenvalue weighted by molar-refractivity contribution is 5.68. The van der Waals surface area contributed by atoms with E-state index in [9.17, 15) is 4.79 Å². The number of hydrogen-bond acceptors (Lipinski definition) is 2. The molecule has 0 aliphatic rings.